The quantitative estimate of drug-likeness (QED) is 0.825. The lowest BCUT2D eigenvalue weighted by Gasteiger charge is -2.25. The second-order valence-corrected chi connectivity index (χ2v) is 7.33. The van der Waals surface area contributed by atoms with Crippen molar-refractivity contribution in [3.63, 3.8) is 0 Å². The van der Waals surface area contributed by atoms with Crippen molar-refractivity contribution in [1.82, 2.24) is 5.32 Å². The molecule has 100 valence electrons. The average molecular weight is 354 g/mol. The van der Waals surface area contributed by atoms with Crippen LogP contribution in [0.1, 0.15) is 30.0 Å². The number of likely N-dealkylation sites (N-methyl/N-ethyl adjacent to an activating group) is 1. The molecule has 1 nitrogen and oxygen atoms in total. The van der Waals surface area contributed by atoms with E-state index in [4.69, 9.17) is 0 Å². The zero-order valence-electron chi connectivity index (χ0n) is 10.7. The third kappa shape index (κ3) is 2.64. The Hall–Kier alpha value is -0.290. The molecule has 0 saturated carbocycles. The number of halogens is 1. The van der Waals surface area contributed by atoms with Gasteiger partial charge in [-0.3, -0.25) is 0 Å². The molecule has 1 aromatic heterocycles. The first-order chi connectivity index (χ1) is 9.31. The highest BCUT2D eigenvalue weighted by Crippen LogP contribution is 2.47. The lowest BCUT2D eigenvalue weighted by molar-refractivity contribution is 0.485. The van der Waals surface area contributed by atoms with Crippen molar-refractivity contribution in [3.8, 4) is 0 Å². The fraction of sp³-hybridized carbons (Fsp3) is 0.333. The number of benzene rings is 1. The van der Waals surface area contributed by atoms with E-state index in [9.17, 15) is 0 Å². The molecule has 2 aromatic rings. The van der Waals surface area contributed by atoms with Crippen LogP contribution in [0.15, 0.2) is 44.4 Å². The molecule has 3 rings (SSSR count). The number of thioether (sulfide) groups is 1. The second-order valence-electron chi connectivity index (χ2n) is 4.67. The second kappa shape index (κ2) is 6.00. The number of fused-ring (bicyclic) bond motifs is 1. The summed E-state index contributed by atoms with van der Waals surface area (Å²) in [7, 11) is 0. The Morgan fingerprint density at radius 1 is 1.37 bits per heavy atom. The van der Waals surface area contributed by atoms with Gasteiger partial charge in [-0.05, 0) is 45.0 Å². The molecule has 19 heavy (non-hydrogen) atoms. The topological polar surface area (TPSA) is 12.0 Å². The van der Waals surface area contributed by atoms with E-state index in [1.54, 1.807) is 11.3 Å². The van der Waals surface area contributed by atoms with Crippen LogP contribution in [0.3, 0.4) is 0 Å². The summed E-state index contributed by atoms with van der Waals surface area (Å²) in [6, 6.07) is 9.22. The van der Waals surface area contributed by atoms with E-state index < -0.39 is 0 Å². The van der Waals surface area contributed by atoms with Crippen molar-refractivity contribution < 1.29 is 0 Å². The Morgan fingerprint density at radius 2 is 2.21 bits per heavy atom. The van der Waals surface area contributed by atoms with Gasteiger partial charge >= 0.3 is 0 Å². The zero-order chi connectivity index (χ0) is 13.2. The van der Waals surface area contributed by atoms with Gasteiger partial charge in [-0.1, -0.05) is 25.1 Å². The minimum atomic E-state index is 0.404. The molecule has 0 amide bonds. The van der Waals surface area contributed by atoms with Crippen LogP contribution in [0.25, 0.3) is 0 Å². The zero-order valence-corrected chi connectivity index (χ0v) is 13.9. The van der Waals surface area contributed by atoms with Gasteiger partial charge < -0.3 is 5.32 Å². The first-order valence-corrected chi connectivity index (χ1v) is 9.20. The molecule has 0 aliphatic carbocycles. The van der Waals surface area contributed by atoms with E-state index in [0.29, 0.717) is 12.0 Å². The van der Waals surface area contributed by atoms with Gasteiger partial charge in [0.2, 0.25) is 0 Å². The summed E-state index contributed by atoms with van der Waals surface area (Å²) in [5, 5.41) is 8.11. The van der Waals surface area contributed by atoms with E-state index in [2.05, 4.69) is 63.2 Å². The Kier molecular flexibility index (Phi) is 4.32. The van der Waals surface area contributed by atoms with Crippen molar-refractivity contribution in [2.45, 2.75) is 23.8 Å². The SMILES string of the molecule is CCNC(c1cscc1Br)C1CSc2ccccc21. The standard InChI is InChI=1S/C15H16BrNS2/c1-2-17-15(12-7-18-9-13(12)16)11-8-19-14-6-4-3-5-10(11)14/h3-7,9,11,15,17H,2,8H2,1H3. The van der Waals surface area contributed by atoms with Gasteiger partial charge in [0.05, 0.1) is 0 Å². The molecule has 4 heteroatoms. The van der Waals surface area contributed by atoms with Crippen LogP contribution in [0.5, 0.6) is 0 Å². The first-order valence-electron chi connectivity index (χ1n) is 6.48. The summed E-state index contributed by atoms with van der Waals surface area (Å²) >= 11 is 7.44. The van der Waals surface area contributed by atoms with E-state index >= 15 is 0 Å². The molecule has 0 spiro atoms. The van der Waals surface area contributed by atoms with Gasteiger partial charge in [0.15, 0.2) is 0 Å². The molecule has 1 aromatic carbocycles. The average Bonchev–Trinajstić information content (AvgIpc) is 3.03. The highest BCUT2D eigenvalue weighted by Gasteiger charge is 2.31. The number of hydrogen-bond acceptors (Lipinski definition) is 3. The summed E-state index contributed by atoms with van der Waals surface area (Å²) in [6.45, 7) is 3.18. The number of hydrogen-bond donors (Lipinski definition) is 1. The minimum absolute atomic E-state index is 0.404. The van der Waals surface area contributed by atoms with Crippen LogP contribution >= 0.6 is 39.0 Å². The maximum absolute atomic E-state index is 3.69. The molecule has 1 aliphatic heterocycles. The van der Waals surface area contributed by atoms with Crippen LogP contribution in [0, 0.1) is 0 Å². The molecular weight excluding hydrogens is 338 g/mol. The Bertz CT molecular complexity index is 567. The number of nitrogens with one attached hydrogen (secondary N) is 1. The minimum Gasteiger partial charge on any atom is -0.310 e. The van der Waals surface area contributed by atoms with E-state index in [1.807, 2.05) is 11.8 Å². The summed E-state index contributed by atoms with van der Waals surface area (Å²) in [6.07, 6.45) is 0. The van der Waals surface area contributed by atoms with Crippen molar-refractivity contribution >= 4 is 39.0 Å². The van der Waals surface area contributed by atoms with Crippen LogP contribution in [0.2, 0.25) is 0 Å². The number of rotatable bonds is 4. The Balaban J connectivity index is 1.96. The molecule has 1 aliphatic rings. The molecule has 0 fully saturated rings. The molecule has 0 bridgehead atoms. The van der Waals surface area contributed by atoms with Crippen molar-refractivity contribution in [2.75, 3.05) is 12.3 Å². The summed E-state index contributed by atoms with van der Waals surface area (Å²) in [5.41, 5.74) is 2.89. The van der Waals surface area contributed by atoms with Crippen LogP contribution in [0.4, 0.5) is 0 Å². The van der Waals surface area contributed by atoms with Gasteiger partial charge in [0.1, 0.15) is 0 Å². The lowest BCUT2D eigenvalue weighted by atomic mass is 9.90. The normalized spacial score (nSPS) is 19.4. The fourth-order valence-electron chi connectivity index (χ4n) is 2.67. The van der Waals surface area contributed by atoms with Crippen LogP contribution in [-0.2, 0) is 0 Å². The van der Waals surface area contributed by atoms with E-state index in [-0.39, 0.29) is 0 Å². The monoisotopic (exact) mass is 353 g/mol. The highest BCUT2D eigenvalue weighted by atomic mass is 79.9. The molecule has 0 saturated heterocycles. The molecule has 0 radical (unpaired) electrons. The van der Waals surface area contributed by atoms with Gasteiger partial charge in [0.25, 0.3) is 0 Å². The predicted molar refractivity (Wildman–Crippen MR) is 88.3 cm³/mol. The van der Waals surface area contributed by atoms with Crippen LogP contribution < -0.4 is 5.32 Å². The largest absolute Gasteiger partial charge is 0.310 e. The lowest BCUT2D eigenvalue weighted by Crippen LogP contribution is -2.27. The Labute approximate surface area is 130 Å². The van der Waals surface area contributed by atoms with Gasteiger partial charge in [0, 0.05) is 32.5 Å². The van der Waals surface area contributed by atoms with Crippen molar-refractivity contribution in [3.05, 3.63) is 50.6 Å². The molecule has 2 atom stereocenters. The Morgan fingerprint density at radius 3 is 2.95 bits per heavy atom. The molecule has 1 N–H and O–H groups in total. The van der Waals surface area contributed by atoms with Gasteiger partial charge in [-0.25, -0.2) is 0 Å². The van der Waals surface area contributed by atoms with E-state index in [1.165, 1.54) is 26.2 Å². The maximum atomic E-state index is 3.69. The first kappa shape index (κ1) is 13.7. The van der Waals surface area contributed by atoms with Gasteiger partial charge in [-0.15, -0.1) is 11.8 Å². The van der Waals surface area contributed by atoms with Crippen molar-refractivity contribution in [1.29, 1.82) is 0 Å². The van der Waals surface area contributed by atoms with Crippen LogP contribution in [-0.4, -0.2) is 12.3 Å². The predicted octanol–water partition coefficient (Wildman–Crippen LogP) is 5.05. The smallest absolute Gasteiger partial charge is 0.0417 e. The highest BCUT2D eigenvalue weighted by molar-refractivity contribution is 9.10. The third-order valence-corrected chi connectivity index (χ3v) is 6.50. The summed E-state index contributed by atoms with van der Waals surface area (Å²) < 4.78 is 1.23. The summed E-state index contributed by atoms with van der Waals surface area (Å²) in [4.78, 5) is 1.45. The molecule has 2 heterocycles. The summed E-state index contributed by atoms with van der Waals surface area (Å²) in [5.74, 6) is 1.73. The van der Waals surface area contributed by atoms with Crippen molar-refractivity contribution in [2.24, 2.45) is 0 Å². The maximum Gasteiger partial charge on any atom is 0.0417 e. The fourth-order valence-corrected chi connectivity index (χ4v) is 5.54. The molecule has 2 unspecified atom stereocenters. The third-order valence-electron chi connectivity index (χ3n) is 3.54. The van der Waals surface area contributed by atoms with E-state index in [0.717, 1.165) is 6.54 Å². The van der Waals surface area contributed by atoms with Gasteiger partial charge in [-0.2, -0.15) is 11.3 Å². The molecular formula is C15H16BrNS2. The number of thiophene rings is 1.